The molecule has 0 radical (unpaired) electrons. The van der Waals surface area contributed by atoms with Gasteiger partial charge in [0.2, 0.25) is 5.91 Å². The number of hydrogen-bond donors (Lipinski definition) is 1. The first-order valence-corrected chi connectivity index (χ1v) is 5.11. The molecule has 1 aliphatic rings. The number of nitrogens with one attached hydrogen (secondary N) is 1. The average Bonchev–Trinajstić information content (AvgIpc) is 2.10. The zero-order valence-electron chi connectivity index (χ0n) is 9.66. The van der Waals surface area contributed by atoms with Gasteiger partial charge in [-0.2, -0.15) is 0 Å². The highest BCUT2D eigenvalue weighted by Gasteiger charge is 2.30. The molecule has 1 N–H and O–H groups in total. The standard InChI is InChI=1S/C10H20N2O2.ClH/c1-8(9-6-11-7-9)10(13)12(2)4-5-14-3;/h8-9,11H,4-7H2,1-3H3;1H. The molecule has 90 valence electrons. The summed E-state index contributed by atoms with van der Waals surface area (Å²) < 4.78 is 4.94. The molecular weight excluding hydrogens is 216 g/mol. The summed E-state index contributed by atoms with van der Waals surface area (Å²) in [6.07, 6.45) is 0. The number of nitrogens with zero attached hydrogens (tertiary/aromatic N) is 1. The lowest BCUT2D eigenvalue weighted by Gasteiger charge is -2.33. The van der Waals surface area contributed by atoms with Crippen molar-refractivity contribution in [1.29, 1.82) is 0 Å². The molecule has 0 aromatic carbocycles. The summed E-state index contributed by atoms with van der Waals surface area (Å²) in [5.74, 6) is 0.888. The maximum Gasteiger partial charge on any atom is 0.225 e. The van der Waals surface area contributed by atoms with E-state index in [4.69, 9.17) is 4.74 Å². The number of amides is 1. The third-order valence-electron chi connectivity index (χ3n) is 2.92. The highest BCUT2D eigenvalue weighted by molar-refractivity contribution is 5.85. The lowest BCUT2D eigenvalue weighted by Crippen LogP contribution is -2.50. The average molecular weight is 237 g/mol. The van der Waals surface area contributed by atoms with Crippen molar-refractivity contribution < 1.29 is 9.53 Å². The Balaban J connectivity index is 0.00000196. The Morgan fingerprint density at radius 2 is 2.20 bits per heavy atom. The number of carbonyl (C=O) groups is 1. The van der Waals surface area contributed by atoms with E-state index in [1.807, 2.05) is 14.0 Å². The molecule has 1 rings (SSSR count). The molecule has 1 atom stereocenters. The summed E-state index contributed by atoms with van der Waals surface area (Å²) in [7, 11) is 3.49. The minimum Gasteiger partial charge on any atom is -0.383 e. The SMILES string of the molecule is COCCN(C)C(=O)C(C)C1CNC1.Cl. The molecule has 0 saturated carbocycles. The van der Waals surface area contributed by atoms with Crippen molar-refractivity contribution in [2.45, 2.75) is 6.92 Å². The Morgan fingerprint density at radius 3 is 2.60 bits per heavy atom. The fourth-order valence-corrected chi connectivity index (χ4v) is 1.55. The van der Waals surface area contributed by atoms with Gasteiger partial charge in [-0.25, -0.2) is 0 Å². The maximum atomic E-state index is 11.8. The molecule has 1 amide bonds. The van der Waals surface area contributed by atoms with Crippen molar-refractivity contribution in [3.8, 4) is 0 Å². The minimum atomic E-state index is 0. The van der Waals surface area contributed by atoms with Crippen LogP contribution in [0.4, 0.5) is 0 Å². The molecule has 15 heavy (non-hydrogen) atoms. The number of ether oxygens (including phenoxy) is 1. The van der Waals surface area contributed by atoms with Gasteiger partial charge in [0.1, 0.15) is 0 Å². The van der Waals surface area contributed by atoms with Gasteiger partial charge in [-0.05, 0) is 19.0 Å². The van der Waals surface area contributed by atoms with Crippen molar-refractivity contribution >= 4 is 18.3 Å². The summed E-state index contributed by atoms with van der Waals surface area (Å²) in [6.45, 7) is 5.25. The minimum absolute atomic E-state index is 0. The van der Waals surface area contributed by atoms with Crippen molar-refractivity contribution in [2.24, 2.45) is 11.8 Å². The summed E-state index contributed by atoms with van der Waals surface area (Å²) in [6, 6.07) is 0. The fraction of sp³-hybridized carbons (Fsp3) is 0.900. The number of likely N-dealkylation sites (N-methyl/N-ethyl adjacent to an activating group) is 1. The van der Waals surface area contributed by atoms with Crippen LogP contribution in [0, 0.1) is 11.8 Å². The van der Waals surface area contributed by atoms with Gasteiger partial charge in [-0.1, -0.05) is 6.92 Å². The molecule has 5 heteroatoms. The van der Waals surface area contributed by atoms with Gasteiger partial charge in [-0.3, -0.25) is 4.79 Å². The molecule has 0 aliphatic carbocycles. The molecule has 1 unspecified atom stereocenters. The van der Waals surface area contributed by atoms with E-state index in [-0.39, 0.29) is 24.2 Å². The van der Waals surface area contributed by atoms with Crippen LogP contribution in [-0.4, -0.2) is 51.2 Å². The normalized spacial score (nSPS) is 17.5. The zero-order chi connectivity index (χ0) is 10.6. The van der Waals surface area contributed by atoms with E-state index in [0.29, 0.717) is 19.1 Å². The van der Waals surface area contributed by atoms with Gasteiger partial charge in [0.25, 0.3) is 0 Å². The number of halogens is 1. The van der Waals surface area contributed by atoms with Gasteiger partial charge in [0.05, 0.1) is 6.61 Å². The molecule has 4 nitrogen and oxygen atoms in total. The Labute approximate surface area is 97.8 Å². The van der Waals surface area contributed by atoms with E-state index < -0.39 is 0 Å². The van der Waals surface area contributed by atoms with Gasteiger partial charge in [-0.15, -0.1) is 12.4 Å². The van der Waals surface area contributed by atoms with E-state index in [1.54, 1.807) is 12.0 Å². The number of rotatable bonds is 5. The lowest BCUT2D eigenvalue weighted by atomic mass is 9.88. The molecular formula is C10H21ClN2O2. The van der Waals surface area contributed by atoms with Crippen molar-refractivity contribution in [1.82, 2.24) is 10.2 Å². The van der Waals surface area contributed by atoms with Crippen molar-refractivity contribution in [2.75, 3.05) is 40.4 Å². The quantitative estimate of drug-likeness (QED) is 0.750. The highest BCUT2D eigenvalue weighted by Crippen LogP contribution is 2.17. The van der Waals surface area contributed by atoms with Gasteiger partial charge in [0.15, 0.2) is 0 Å². The predicted molar refractivity (Wildman–Crippen MR) is 62.3 cm³/mol. The van der Waals surface area contributed by atoms with Crippen molar-refractivity contribution in [3.63, 3.8) is 0 Å². The Kier molecular flexibility index (Phi) is 6.89. The molecule has 0 spiro atoms. The van der Waals surface area contributed by atoms with Crippen LogP contribution in [0.25, 0.3) is 0 Å². The van der Waals surface area contributed by atoms with Crippen LogP contribution >= 0.6 is 12.4 Å². The number of carbonyl (C=O) groups excluding carboxylic acids is 1. The third-order valence-corrected chi connectivity index (χ3v) is 2.92. The molecule has 0 aromatic heterocycles. The second-order valence-corrected chi connectivity index (χ2v) is 3.96. The topological polar surface area (TPSA) is 41.6 Å². The first kappa shape index (κ1) is 14.7. The summed E-state index contributed by atoms with van der Waals surface area (Å²) in [4.78, 5) is 13.6. The van der Waals surface area contributed by atoms with E-state index in [2.05, 4.69) is 5.32 Å². The Bertz CT molecular complexity index is 198. The predicted octanol–water partition coefficient (Wildman–Crippen LogP) is 0.369. The summed E-state index contributed by atoms with van der Waals surface area (Å²) in [5.41, 5.74) is 0. The molecule has 0 aromatic rings. The molecule has 1 aliphatic heterocycles. The second kappa shape index (κ2) is 7.04. The van der Waals surface area contributed by atoms with E-state index in [0.717, 1.165) is 13.1 Å². The molecule has 1 heterocycles. The first-order chi connectivity index (χ1) is 6.66. The van der Waals surface area contributed by atoms with Crippen molar-refractivity contribution in [3.05, 3.63) is 0 Å². The van der Waals surface area contributed by atoms with Crippen LogP contribution in [0.15, 0.2) is 0 Å². The lowest BCUT2D eigenvalue weighted by molar-refractivity contribution is -0.136. The van der Waals surface area contributed by atoms with Crippen LogP contribution in [0.5, 0.6) is 0 Å². The Morgan fingerprint density at radius 1 is 1.60 bits per heavy atom. The largest absolute Gasteiger partial charge is 0.383 e. The van der Waals surface area contributed by atoms with Crippen LogP contribution in [-0.2, 0) is 9.53 Å². The number of hydrogen-bond acceptors (Lipinski definition) is 3. The molecule has 1 fully saturated rings. The van der Waals surface area contributed by atoms with Crippen LogP contribution in [0.1, 0.15) is 6.92 Å². The maximum absolute atomic E-state index is 11.8. The van der Waals surface area contributed by atoms with Crippen LogP contribution in [0.2, 0.25) is 0 Å². The smallest absolute Gasteiger partial charge is 0.225 e. The van der Waals surface area contributed by atoms with E-state index in [9.17, 15) is 4.79 Å². The third kappa shape index (κ3) is 3.97. The monoisotopic (exact) mass is 236 g/mol. The van der Waals surface area contributed by atoms with Gasteiger partial charge < -0.3 is 15.0 Å². The van der Waals surface area contributed by atoms with Gasteiger partial charge in [0, 0.05) is 26.6 Å². The van der Waals surface area contributed by atoms with E-state index >= 15 is 0 Å². The molecule has 1 saturated heterocycles. The summed E-state index contributed by atoms with van der Waals surface area (Å²) >= 11 is 0. The Hall–Kier alpha value is -0.320. The zero-order valence-corrected chi connectivity index (χ0v) is 10.5. The number of methoxy groups -OCH3 is 1. The van der Waals surface area contributed by atoms with Crippen LogP contribution < -0.4 is 5.32 Å². The first-order valence-electron chi connectivity index (χ1n) is 5.11. The van der Waals surface area contributed by atoms with Gasteiger partial charge >= 0.3 is 0 Å². The summed E-state index contributed by atoms with van der Waals surface area (Å²) in [5, 5.41) is 3.18. The second-order valence-electron chi connectivity index (χ2n) is 3.96. The fourth-order valence-electron chi connectivity index (χ4n) is 1.55. The molecule has 0 bridgehead atoms. The van der Waals surface area contributed by atoms with Crippen LogP contribution in [0.3, 0.4) is 0 Å². The van der Waals surface area contributed by atoms with E-state index in [1.165, 1.54) is 0 Å². The highest BCUT2D eigenvalue weighted by atomic mass is 35.5.